The van der Waals surface area contributed by atoms with Gasteiger partial charge in [-0.05, 0) is 71.9 Å². The average Bonchev–Trinajstić information content (AvgIpc) is 2.99. The second kappa shape index (κ2) is 8.73. The molecule has 3 aliphatic carbocycles. The van der Waals surface area contributed by atoms with E-state index in [4.69, 9.17) is 15.0 Å². The van der Waals surface area contributed by atoms with E-state index < -0.39 is 0 Å². The highest BCUT2D eigenvalue weighted by Crippen LogP contribution is 2.56. The number of hydrogen-bond acceptors (Lipinski definition) is 3. The van der Waals surface area contributed by atoms with Crippen molar-refractivity contribution in [3.8, 4) is 45.2 Å². The molecule has 1 saturated carbocycles. The number of aromatic nitrogens is 3. The van der Waals surface area contributed by atoms with Crippen LogP contribution in [0.2, 0.25) is 0 Å². The van der Waals surface area contributed by atoms with Crippen LogP contribution < -0.4 is 0 Å². The first-order valence-electron chi connectivity index (χ1n) is 13.6. The molecule has 0 aliphatic heterocycles. The van der Waals surface area contributed by atoms with Crippen LogP contribution in [0.5, 0.6) is 0 Å². The molecule has 2 bridgehead atoms. The van der Waals surface area contributed by atoms with E-state index >= 15 is 0 Å². The van der Waals surface area contributed by atoms with E-state index in [-0.39, 0.29) is 0 Å². The third kappa shape index (κ3) is 3.85. The molecule has 8 rings (SSSR count). The standard InChI is InChI=1S/C35H31N3/c1-34-17-19-35(2,20-18-34)29-21-26(13-15-28(29)34)30-16-14-27(23-36-30)33-37-31(24-9-5-3-6-10-24)22-32(38-33)25-11-7-4-8-12-25/h3-16,21-23H,17-20H2,1-2H3. The summed E-state index contributed by atoms with van der Waals surface area (Å²) in [6.07, 6.45) is 7.09. The lowest BCUT2D eigenvalue weighted by Gasteiger charge is -2.52. The second-order valence-corrected chi connectivity index (χ2v) is 11.5. The Kier molecular flexibility index (Phi) is 5.29. The van der Waals surface area contributed by atoms with Gasteiger partial charge in [0, 0.05) is 28.5 Å². The van der Waals surface area contributed by atoms with Gasteiger partial charge in [0.1, 0.15) is 0 Å². The van der Waals surface area contributed by atoms with E-state index in [9.17, 15) is 0 Å². The van der Waals surface area contributed by atoms with Crippen LogP contribution in [0.25, 0.3) is 45.2 Å². The van der Waals surface area contributed by atoms with Crippen molar-refractivity contribution in [2.45, 2.75) is 50.4 Å². The van der Waals surface area contributed by atoms with Crippen molar-refractivity contribution >= 4 is 0 Å². The number of nitrogens with zero attached hydrogens (tertiary/aromatic N) is 3. The van der Waals surface area contributed by atoms with Gasteiger partial charge in [-0.15, -0.1) is 0 Å². The molecule has 3 aromatic carbocycles. The minimum atomic E-state index is 0.294. The third-order valence-corrected chi connectivity index (χ3v) is 8.96. The quantitative estimate of drug-likeness (QED) is 0.251. The van der Waals surface area contributed by atoms with Crippen molar-refractivity contribution in [3.05, 3.63) is 114 Å². The number of pyridine rings is 1. The lowest BCUT2D eigenvalue weighted by Crippen LogP contribution is -2.44. The first-order valence-corrected chi connectivity index (χ1v) is 13.6. The Morgan fingerprint density at radius 1 is 0.500 bits per heavy atom. The van der Waals surface area contributed by atoms with Crippen LogP contribution in [-0.2, 0) is 10.8 Å². The second-order valence-electron chi connectivity index (χ2n) is 11.5. The van der Waals surface area contributed by atoms with Crippen molar-refractivity contribution in [1.29, 1.82) is 0 Å². The highest BCUT2D eigenvalue weighted by Gasteiger charge is 2.47. The van der Waals surface area contributed by atoms with Gasteiger partial charge in [0.15, 0.2) is 5.82 Å². The maximum Gasteiger partial charge on any atom is 0.161 e. The van der Waals surface area contributed by atoms with Gasteiger partial charge in [-0.1, -0.05) is 86.6 Å². The fourth-order valence-electron chi connectivity index (χ4n) is 6.41. The van der Waals surface area contributed by atoms with Crippen molar-refractivity contribution in [3.63, 3.8) is 0 Å². The predicted octanol–water partition coefficient (Wildman–Crippen LogP) is 8.64. The summed E-state index contributed by atoms with van der Waals surface area (Å²) in [7, 11) is 0. The Bertz CT molecular complexity index is 1560. The maximum atomic E-state index is 4.95. The Morgan fingerprint density at radius 3 is 1.61 bits per heavy atom. The molecule has 2 aromatic heterocycles. The van der Waals surface area contributed by atoms with Crippen LogP contribution in [0.1, 0.15) is 50.7 Å². The first-order chi connectivity index (χ1) is 18.5. The van der Waals surface area contributed by atoms with Gasteiger partial charge in [0.05, 0.1) is 17.1 Å². The van der Waals surface area contributed by atoms with Crippen LogP contribution in [0.15, 0.2) is 103 Å². The molecule has 3 heteroatoms. The summed E-state index contributed by atoms with van der Waals surface area (Å²) in [5, 5.41) is 0. The van der Waals surface area contributed by atoms with Gasteiger partial charge < -0.3 is 0 Å². The molecule has 0 N–H and O–H groups in total. The van der Waals surface area contributed by atoms with Gasteiger partial charge in [-0.2, -0.15) is 0 Å². The van der Waals surface area contributed by atoms with Crippen molar-refractivity contribution in [1.82, 2.24) is 15.0 Å². The van der Waals surface area contributed by atoms with Crippen molar-refractivity contribution in [2.24, 2.45) is 0 Å². The first kappa shape index (κ1) is 23.0. The molecular weight excluding hydrogens is 462 g/mol. The molecule has 5 aromatic rings. The van der Waals surface area contributed by atoms with E-state index in [1.807, 2.05) is 42.6 Å². The van der Waals surface area contributed by atoms with Gasteiger partial charge in [-0.3, -0.25) is 4.98 Å². The maximum absolute atomic E-state index is 4.95. The number of benzene rings is 3. The Morgan fingerprint density at radius 2 is 1.05 bits per heavy atom. The fourth-order valence-corrected chi connectivity index (χ4v) is 6.41. The molecule has 38 heavy (non-hydrogen) atoms. The number of fused-ring (bicyclic) bond motifs is 2. The van der Waals surface area contributed by atoms with Crippen molar-refractivity contribution in [2.75, 3.05) is 0 Å². The molecule has 0 radical (unpaired) electrons. The van der Waals surface area contributed by atoms with E-state index in [0.717, 1.165) is 33.8 Å². The molecule has 2 heterocycles. The van der Waals surface area contributed by atoms with Crippen molar-refractivity contribution < 1.29 is 0 Å². The zero-order valence-corrected chi connectivity index (χ0v) is 22.0. The molecule has 0 unspecified atom stereocenters. The van der Waals surface area contributed by atoms with E-state index in [2.05, 4.69) is 74.5 Å². The minimum absolute atomic E-state index is 0.294. The molecule has 1 fully saturated rings. The van der Waals surface area contributed by atoms with Crippen LogP contribution in [0.4, 0.5) is 0 Å². The monoisotopic (exact) mass is 493 g/mol. The molecule has 186 valence electrons. The van der Waals surface area contributed by atoms with Gasteiger partial charge in [-0.25, -0.2) is 9.97 Å². The van der Waals surface area contributed by atoms with Crippen LogP contribution >= 0.6 is 0 Å². The van der Waals surface area contributed by atoms with Gasteiger partial charge >= 0.3 is 0 Å². The lowest BCUT2D eigenvalue weighted by molar-refractivity contribution is 0.188. The summed E-state index contributed by atoms with van der Waals surface area (Å²) in [6.45, 7) is 4.90. The zero-order valence-electron chi connectivity index (χ0n) is 22.0. The molecule has 0 atom stereocenters. The Labute approximate surface area is 224 Å². The Balaban J connectivity index is 1.27. The fraction of sp³-hybridized carbons (Fsp3) is 0.229. The molecule has 3 nitrogen and oxygen atoms in total. The zero-order chi connectivity index (χ0) is 25.7. The minimum Gasteiger partial charge on any atom is -0.255 e. The Hall–Kier alpha value is -4.11. The molecular formula is C35H31N3. The van der Waals surface area contributed by atoms with E-state index in [0.29, 0.717) is 16.7 Å². The predicted molar refractivity (Wildman–Crippen MR) is 155 cm³/mol. The van der Waals surface area contributed by atoms with Crippen LogP contribution in [0, 0.1) is 0 Å². The normalized spacial score (nSPS) is 21.7. The summed E-state index contributed by atoms with van der Waals surface area (Å²) < 4.78 is 0. The summed E-state index contributed by atoms with van der Waals surface area (Å²) in [5.74, 6) is 0.687. The molecule has 3 aliphatic rings. The van der Waals surface area contributed by atoms with Gasteiger partial charge in [0.2, 0.25) is 0 Å². The average molecular weight is 494 g/mol. The molecule has 0 amide bonds. The number of hydrogen-bond donors (Lipinski definition) is 0. The molecule has 0 spiro atoms. The van der Waals surface area contributed by atoms with Crippen LogP contribution in [0.3, 0.4) is 0 Å². The summed E-state index contributed by atoms with van der Waals surface area (Å²) in [6, 6.07) is 33.9. The largest absolute Gasteiger partial charge is 0.255 e. The third-order valence-electron chi connectivity index (χ3n) is 8.96. The summed E-state index contributed by atoms with van der Waals surface area (Å²) in [4.78, 5) is 14.8. The number of rotatable bonds is 4. The lowest BCUT2D eigenvalue weighted by atomic mass is 9.52. The van der Waals surface area contributed by atoms with E-state index in [1.54, 1.807) is 5.56 Å². The SMILES string of the molecule is CC12CCC(C)(CC1)c1cc(-c3ccc(-c4nc(-c5ccccc5)cc(-c5ccccc5)n4)cn3)ccc12. The highest BCUT2D eigenvalue weighted by atomic mass is 14.9. The smallest absolute Gasteiger partial charge is 0.161 e. The van der Waals surface area contributed by atoms with Gasteiger partial charge in [0.25, 0.3) is 0 Å². The van der Waals surface area contributed by atoms with Crippen LogP contribution in [-0.4, -0.2) is 15.0 Å². The summed E-state index contributed by atoms with van der Waals surface area (Å²) >= 11 is 0. The highest BCUT2D eigenvalue weighted by molar-refractivity contribution is 5.72. The summed E-state index contributed by atoms with van der Waals surface area (Å²) in [5.41, 5.74) is 10.8. The topological polar surface area (TPSA) is 38.7 Å². The van der Waals surface area contributed by atoms with E-state index in [1.165, 1.54) is 36.8 Å². The molecule has 0 saturated heterocycles.